The van der Waals surface area contributed by atoms with Crippen LogP contribution >= 0.6 is 0 Å². The average Bonchev–Trinajstić information content (AvgIpc) is 2.66. The molecule has 96 valence electrons. The third-order valence-electron chi connectivity index (χ3n) is 3.16. The molecule has 1 aromatic heterocycles. The molecule has 0 radical (unpaired) electrons. The molecule has 2 rings (SSSR count). The predicted molar refractivity (Wildman–Crippen MR) is 74.3 cm³/mol. The Bertz CT molecular complexity index is 526. The maximum Gasteiger partial charge on any atom is 0.119 e. The number of nitrogens with two attached hydrogens (primary N) is 1. The minimum Gasteiger partial charge on any atom is -0.494 e. The second-order valence-electron chi connectivity index (χ2n) is 4.36. The van der Waals surface area contributed by atoms with Crippen molar-refractivity contribution in [2.45, 2.75) is 27.3 Å². The molecule has 0 saturated heterocycles. The van der Waals surface area contributed by atoms with Gasteiger partial charge in [-0.1, -0.05) is 0 Å². The molecule has 0 unspecified atom stereocenters. The van der Waals surface area contributed by atoms with Gasteiger partial charge in [-0.05, 0) is 56.7 Å². The molecular weight excluding hydrogens is 224 g/mol. The first-order valence-electron chi connectivity index (χ1n) is 6.28. The van der Waals surface area contributed by atoms with Gasteiger partial charge in [0, 0.05) is 23.6 Å². The highest BCUT2D eigenvalue weighted by Crippen LogP contribution is 2.22. The largest absolute Gasteiger partial charge is 0.494 e. The van der Waals surface area contributed by atoms with Gasteiger partial charge in [0.15, 0.2) is 0 Å². The van der Waals surface area contributed by atoms with Crippen molar-refractivity contribution in [1.29, 1.82) is 0 Å². The molecule has 0 fully saturated rings. The molecule has 18 heavy (non-hydrogen) atoms. The van der Waals surface area contributed by atoms with Gasteiger partial charge in [0.2, 0.25) is 0 Å². The second-order valence-corrected chi connectivity index (χ2v) is 4.36. The van der Waals surface area contributed by atoms with Crippen LogP contribution in [0, 0.1) is 13.8 Å². The lowest BCUT2D eigenvalue weighted by atomic mass is 10.2. The minimum atomic E-state index is 0.580. The van der Waals surface area contributed by atoms with Crippen molar-refractivity contribution in [3.8, 4) is 11.4 Å². The van der Waals surface area contributed by atoms with Gasteiger partial charge in [0.05, 0.1) is 6.61 Å². The normalized spacial score (nSPS) is 10.7. The molecule has 0 bridgehead atoms. The van der Waals surface area contributed by atoms with Gasteiger partial charge in [-0.2, -0.15) is 0 Å². The van der Waals surface area contributed by atoms with E-state index < -0.39 is 0 Å². The van der Waals surface area contributed by atoms with Gasteiger partial charge < -0.3 is 15.0 Å². The lowest BCUT2D eigenvalue weighted by molar-refractivity contribution is 0.340. The van der Waals surface area contributed by atoms with Crippen molar-refractivity contribution in [2.24, 2.45) is 5.73 Å². The van der Waals surface area contributed by atoms with E-state index in [1.807, 2.05) is 19.1 Å². The highest BCUT2D eigenvalue weighted by molar-refractivity contribution is 5.43. The standard InChI is InChI=1S/C15H20N2O/c1-4-18-15-7-5-14(6-8-15)17-11(2)9-13(10-16)12(17)3/h5-9H,4,10,16H2,1-3H3. The average molecular weight is 244 g/mol. The Kier molecular flexibility index (Phi) is 3.72. The molecule has 0 aliphatic carbocycles. The van der Waals surface area contributed by atoms with E-state index in [9.17, 15) is 0 Å². The zero-order valence-electron chi connectivity index (χ0n) is 11.2. The molecule has 0 atom stereocenters. The van der Waals surface area contributed by atoms with E-state index in [-0.39, 0.29) is 0 Å². The first-order chi connectivity index (χ1) is 8.67. The van der Waals surface area contributed by atoms with Crippen molar-refractivity contribution < 1.29 is 4.74 Å². The lowest BCUT2D eigenvalue weighted by Crippen LogP contribution is -2.02. The van der Waals surface area contributed by atoms with Crippen molar-refractivity contribution in [2.75, 3.05) is 6.61 Å². The molecule has 0 amide bonds. The summed E-state index contributed by atoms with van der Waals surface area (Å²) in [5.74, 6) is 0.905. The fraction of sp³-hybridized carbons (Fsp3) is 0.333. The Morgan fingerprint density at radius 1 is 1.17 bits per heavy atom. The third kappa shape index (κ3) is 2.27. The summed E-state index contributed by atoms with van der Waals surface area (Å²) >= 11 is 0. The van der Waals surface area contributed by atoms with Crippen LogP contribution in [-0.4, -0.2) is 11.2 Å². The van der Waals surface area contributed by atoms with Crippen LogP contribution in [0.5, 0.6) is 5.75 Å². The van der Waals surface area contributed by atoms with E-state index in [2.05, 4.69) is 36.6 Å². The number of hydrogen-bond donors (Lipinski definition) is 1. The Morgan fingerprint density at radius 2 is 1.83 bits per heavy atom. The number of hydrogen-bond acceptors (Lipinski definition) is 2. The zero-order valence-corrected chi connectivity index (χ0v) is 11.2. The number of rotatable bonds is 4. The summed E-state index contributed by atoms with van der Waals surface area (Å²) in [4.78, 5) is 0. The third-order valence-corrected chi connectivity index (χ3v) is 3.16. The van der Waals surface area contributed by atoms with Gasteiger partial charge in [0.25, 0.3) is 0 Å². The van der Waals surface area contributed by atoms with E-state index in [1.54, 1.807) is 0 Å². The molecule has 1 heterocycles. The fourth-order valence-electron chi connectivity index (χ4n) is 2.29. The highest BCUT2D eigenvalue weighted by atomic mass is 16.5. The van der Waals surface area contributed by atoms with Gasteiger partial charge in [0.1, 0.15) is 5.75 Å². The molecule has 0 saturated carbocycles. The van der Waals surface area contributed by atoms with Gasteiger partial charge in [-0.15, -0.1) is 0 Å². The highest BCUT2D eigenvalue weighted by Gasteiger charge is 2.09. The molecule has 3 nitrogen and oxygen atoms in total. The monoisotopic (exact) mass is 244 g/mol. The van der Waals surface area contributed by atoms with Crippen LogP contribution < -0.4 is 10.5 Å². The number of ether oxygens (including phenoxy) is 1. The second kappa shape index (κ2) is 5.27. The van der Waals surface area contributed by atoms with Gasteiger partial charge >= 0.3 is 0 Å². The van der Waals surface area contributed by atoms with Crippen molar-refractivity contribution in [1.82, 2.24) is 4.57 Å². The van der Waals surface area contributed by atoms with Crippen LogP contribution in [0.1, 0.15) is 23.9 Å². The van der Waals surface area contributed by atoms with E-state index in [0.29, 0.717) is 13.2 Å². The molecule has 1 aromatic carbocycles. The molecule has 3 heteroatoms. The quantitative estimate of drug-likeness (QED) is 0.898. The maximum absolute atomic E-state index is 5.74. The summed E-state index contributed by atoms with van der Waals surface area (Å²) in [5.41, 5.74) is 10.5. The summed E-state index contributed by atoms with van der Waals surface area (Å²) in [6.07, 6.45) is 0. The number of benzene rings is 1. The summed E-state index contributed by atoms with van der Waals surface area (Å²) in [5, 5.41) is 0. The number of aryl methyl sites for hydroxylation is 1. The van der Waals surface area contributed by atoms with Gasteiger partial charge in [-0.25, -0.2) is 0 Å². The first-order valence-corrected chi connectivity index (χ1v) is 6.28. The van der Waals surface area contributed by atoms with E-state index in [4.69, 9.17) is 10.5 Å². The van der Waals surface area contributed by atoms with Gasteiger partial charge in [-0.3, -0.25) is 0 Å². The van der Waals surface area contributed by atoms with Crippen LogP contribution in [0.2, 0.25) is 0 Å². The SMILES string of the molecule is CCOc1ccc(-n2c(C)cc(CN)c2C)cc1. The van der Waals surface area contributed by atoms with Crippen LogP contribution in [-0.2, 0) is 6.54 Å². The predicted octanol–water partition coefficient (Wildman–Crippen LogP) is 2.95. The Balaban J connectivity index is 2.39. The van der Waals surface area contributed by atoms with Crippen molar-refractivity contribution in [3.05, 3.63) is 47.3 Å². The maximum atomic E-state index is 5.74. The molecule has 0 aliphatic rings. The van der Waals surface area contributed by atoms with Crippen LogP contribution in [0.15, 0.2) is 30.3 Å². The zero-order chi connectivity index (χ0) is 13.1. The molecule has 0 aliphatic heterocycles. The summed E-state index contributed by atoms with van der Waals surface area (Å²) in [6.45, 7) is 7.46. The lowest BCUT2D eigenvalue weighted by Gasteiger charge is -2.11. The van der Waals surface area contributed by atoms with Crippen LogP contribution in [0.3, 0.4) is 0 Å². The van der Waals surface area contributed by atoms with E-state index in [0.717, 1.165) is 11.4 Å². The summed E-state index contributed by atoms with van der Waals surface area (Å²) in [7, 11) is 0. The molecule has 0 spiro atoms. The topological polar surface area (TPSA) is 40.2 Å². The minimum absolute atomic E-state index is 0.580. The van der Waals surface area contributed by atoms with E-state index in [1.165, 1.54) is 17.0 Å². The Labute approximate surface area is 108 Å². The Morgan fingerprint density at radius 3 is 2.33 bits per heavy atom. The molecule has 2 aromatic rings. The van der Waals surface area contributed by atoms with Crippen LogP contribution in [0.4, 0.5) is 0 Å². The first kappa shape index (κ1) is 12.7. The van der Waals surface area contributed by atoms with Crippen molar-refractivity contribution in [3.63, 3.8) is 0 Å². The van der Waals surface area contributed by atoms with E-state index >= 15 is 0 Å². The summed E-state index contributed by atoms with van der Waals surface area (Å²) in [6, 6.07) is 10.3. The smallest absolute Gasteiger partial charge is 0.119 e. The fourth-order valence-corrected chi connectivity index (χ4v) is 2.29. The molecular formula is C15H20N2O. The number of aromatic nitrogens is 1. The number of nitrogens with zero attached hydrogens (tertiary/aromatic N) is 1. The Hall–Kier alpha value is -1.74. The van der Waals surface area contributed by atoms with Crippen LogP contribution in [0.25, 0.3) is 5.69 Å². The van der Waals surface area contributed by atoms with Crippen molar-refractivity contribution >= 4 is 0 Å². The summed E-state index contributed by atoms with van der Waals surface area (Å²) < 4.78 is 7.67. The molecule has 2 N–H and O–H groups in total.